The maximum absolute atomic E-state index is 9.19. The first-order valence-corrected chi connectivity index (χ1v) is 5.58. The highest BCUT2D eigenvalue weighted by atomic mass is 16.3. The molecule has 90 valence electrons. The molecule has 0 amide bonds. The number of nitrogen functional groups attached to an aromatic ring is 1. The second-order valence-electron chi connectivity index (χ2n) is 4.09. The zero-order valence-corrected chi connectivity index (χ0v) is 9.74. The Kier molecular flexibility index (Phi) is 3.39. The van der Waals surface area contributed by atoms with Crippen molar-refractivity contribution < 1.29 is 5.11 Å². The summed E-state index contributed by atoms with van der Waals surface area (Å²) in [4.78, 5) is 4.22. The van der Waals surface area contributed by atoms with Gasteiger partial charge in [0.05, 0.1) is 6.10 Å². The largest absolute Gasteiger partial charge is 0.399 e. The van der Waals surface area contributed by atoms with Crippen LogP contribution in [-0.4, -0.2) is 26.0 Å². The maximum atomic E-state index is 9.19. The van der Waals surface area contributed by atoms with Crippen LogP contribution in [0.2, 0.25) is 0 Å². The minimum Gasteiger partial charge on any atom is -0.399 e. The van der Waals surface area contributed by atoms with Gasteiger partial charge >= 0.3 is 0 Å². The zero-order valence-electron chi connectivity index (χ0n) is 9.74. The van der Waals surface area contributed by atoms with Gasteiger partial charge in [-0.15, -0.1) is 0 Å². The summed E-state index contributed by atoms with van der Waals surface area (Å²) in [6, 6.07) is 7.44. The number of benzene rings is 1. The molecular formula is C12H16N4O. The smallest absolute Gasteiger partial charge is 0.181 e. The Balaban J connectivity index is 2.10. The third kappa shape index (κ3) is 3.04. The fraction of sp³-hybridized carbons (Fsp3) is 0.333. The minimum absolute atomic E-state index is 0.320. The second-order valence-corrected chi connectivity index (χ2v) is 4.09. The van der Waals surface area contributed by atoms with Crippen LogP contribution in [0.1, 0.15) is 13.3 Å². The number of aromatic nitrogens is 3. The lowest BCUT2D eigenvalue weighted by Crippen LogP contribution is -2.07. The highest BCUT2D eigenvalue weighted by Crippen LogP contribution is 2.15. The number of nitrogens with zero attached hydrogens (tertiary/aromatic N) is 3. The van der Waals surface area contributed by atoms with Crippen molar-refractivity contribution in [2.45, 2.75) is 26.0 Å². The quantitative estimate of drug-likeness (QED) is 0.779. The van der Waals surface area contributed by atoms with Crippen molar-refractivity contribution in [2.75, 3.05) is 5.73 Å². The number of aliphatic hydroxyl groups excluding tert-OH is 1. The third-order valence-corrected chi connectivity index (χ3v) is 2.48. The molecule has 0 aliphatic carbocycles. The van der Waals surface area contributed by atoms with E-state index in [1.807, 2.05) is 24.3 Å². The number of aliphatic hydroxyl groups is 1. The summed E-state index contributed by atoms with van der Waals surface area (Å²) in [6.45, 7) is 2.43. The Morgan fingerprint density at radius 1 is 1.35 bits per heavy atom. The molecule has 2 aromatic rings. The summed E-state index contributed by atoms with van der Waals surface area (Å²) in [5.41, 5.74) is 7.28. The van der Waals surface area contributed by atoms with Gasteiger partial charge in [-0.2, -0.15) is 5.10 Å². The van der Waals surface area contributed by atoms with Crippen LogP contribution in [0.3, 0.4) is 0 Å². The van der Waals surface area contributed by atoms with Crippen LogP contribution in [-0.2, 0) is 6.54 Å². The Morgan fingerprint density at radius 3 is 2.71 bits per heavy atom. The normalized spacial score (nSPS) is 12.6. The molecule has 1 aromatic carbocycles. The third-order valence-electron chi connectivity index (χ3n) is 2.48. The van der Waals surface area contributed by atoms with Crippen molar-refractivity contribution in [1.82, 2.24) is 14.8 Å². The number of rotatable bonds is 4. The van der Waals surface area contributed by atoms with Gasteiger partial charge < -0.3 is 10.8 Å². The van der Waals surface area contributed by atoms with Crippen LogP contribution < -0.4 is 5.73 Å². The molecule has 0 spiro atoms. The molecule has 0 aliphatic heterocycles. The Morgan fingerprint density at radius 2 is 2.06 bits per heavy atom. The Labute approximate surface area is 99.9 Å². The van der Waals surface area contributed by atoms with Crippen molar-refractivity contribution >= 4 is 5.69 Å². The lowest BCUT2D eigenvalue weighted by atomic mass is 10.2. The van der Waals surface area contributed by atoms with E-state index < -0.39 is 0 Å². The van der Waals surface area contributed by atoms with E-state index in [1.165, 1.54) is 0 Å². The molecule has 1 heterocycles. The monoisotopic (exact) mass is 232 g/mol. The van der Waals surface area contributed by atoms with E-state index in [0.29, 0.717) is 18.8 Å². The van der Waals surface area contributed by atoms with E-state index in [2.05, 4.69) is 10.1 Å². The van der Waals surface area contributed by atoms with E-state index in [-0.39, 0.29) is 6.10 Å². The van der Waals surface area contributed by atoms with E-state index in [1.54, 1.807) is 17.9 Å². The molecule has 3 N–H and O–H groups in total. The molecule has 0 radical (unpaired) electrons. The average Bonchev–Trinajstić information content (AvgIpc) is 2.76. The summed E-state index contributed by atoms with van der Waals surface area (Å²) in [5.74, 6) is 0.676. The Hall–Kier alpha value is -1.88. The van der Waals surface area contributed by atoms with E-state index in [0.717, 1.165) is 11.3 Å². The maximum Gasteiger partial charge on any atom is 0.181 e. The van der Waals surface area contributed by atoms with E-state index >= 15 is 0 Å². The molecule has 5 heteroatoms. The average molecular weight is 232 g/mol. The van der Waals surface area contributed by atoms with Crippen molar-refractivity contribution in [3.05, 3.63) is 30.6 Å². The predicted octanol–water partition coefficient (Wildman–Crippen LogP) is 1.30. The van der Waals surface area contributed by atoms with Gasteiger partial charge in [0.15, 0.2) is 5.82 Å². The molecule has 0 saturated heterocycles. The predicted molar refractivity (Wildman–Crippen MR) is 66.2 cm³/mol. The lowest BCUT2D eigenvalue weighted by Gasteiger charge is -2.02. The van der Waals surface area contributed by atoms with E-state index in [4.69, 9.17) is 5.73 Å². The fourth-order valence-corrected chi connectivity index (χ4v) is 1.49. The summed E-state index contributed by atoms with van der Waals surface area (Å²) in [7, 11) is 0. The molecule has 0 aliphatic rings. The van der Waals surface area contributed by atoms with Gasteiger partial charge in [0.25, 0.3) is 0 Å². The molecular weight excluding hydrogens is 216 g/mol. The summed E-state index contributed by atoms with van der Waals surface area (Å²) < 4.78 is 1.73. The molecule has 17 heavy (non-hydrogen) atoms. The molecule has 0 saturated carbocycles. The standard InChI is InChI=1S/C12H16N4O/c1-9(17)6-7-16-8-14-12(15-16)10-2-4-11(13)5-3-10/h2-5,8-9,17H,6-7,13H2,1H3. The van der Waals surface area contributed by atoms with Gasteiger partial charge in [-0.3, -0.25) is 4.68 Å². The van der Waals surface area contributed by atoms with Crippen molar-refractivity contribution in [1.29, 1.82) is 0 Å². The van der Waals surface area contributed by atoms with Gasteiger partial charge in [-0.1, -0.05) is 0 Å². The SMILES string of the molecule is CC(O)CCn1cnc(-c2ccc(N)cc2)n1. The molecule has 5 nitrogen and oxygen atoms in total. The fourth-order valence-electron chi connectivity index (χ4n) is 1.49. The topological polar surface area (TPSA) is 77.0 Å². The molecule has 1 unspecified atom stereocenters. The van der Waals surface area contributed by atoms with Crippen LogP contribution in [0.5, 0.6) is 0 Å². The number of hydrogen-bond acceptors (Lipinski definition) is 4. The summed E-state index contributed by atoms with van der Waals surface area (Å²) >= 11 is 0. The van der Waals surface area contributed by atoms with Gasteiger partial charge in [0.1, 0.15) is 6.33 Å². The number of nitrogens with two attached hydrogens (primary N) is 1. The molecule has 0 bridgehead atoms. The van der Waals surface area contributed by atoms with Crippen LogP contribution >= 0.6 is 0 Å². The highest BCUT2D eigenvalue weighted by Gasteiger charge is 2.04. The van der Waals surface area contributed by atoms with Crippen molar-refractivity contribution in [3.8, 4) is 11.4 Å². The number of aryl methyl sites for hydroxylation is 1. The molecule has 2 rings (SSSR count). The number of hydrogen-bond donors (Lipinski definition) is 2. The lowest BCUT2D eigenvalue weighted by molar-refractivity contribution is 0.176. The highest BCUT2D eigenvalue weighted by molar-refractivity contribution is 5.57. The molecule has 1 atom stereocenters. The first-order chi connectivity index (χ1) is 8.15. The summed E-state index contributed by atoms with van der Waals surface area (Å²) in [5, 5.41) is 13.5. The van der Waals surface area contributed by atoms with Crippen molar-refractivity contribution in [3.63, 3.8) is 0 Å². The van der Waals surface area contributed by atoms with Crippen LogP contribution in [0, 0.1) is 0 Å². The van der Waals surface area contributed by atoms with E-state index in [9.17, 15) is 5.11 Å². The number of anilines is 1. The first-order valence-electron chi connectivity index (χ1n) is 5.58. The van der Waals surface area contributed by atoms with Crippen LogP contribution in [0.4, 0.5) is 5.69 Å². The Bertz CT molecular complexity index is 476. The van der Waals surface area contributed by atoms with Crippen LogP contribution in [0.25, 0.3) is 11.4 Å². The molecule has 1 aromatic heterocycles. The second kappa shape index (κ2) is 4.97. The van der Waals surface area contributed by atoms with Crippen LogP contribution in [0.15, 0.2) is 30.6 Å². The molecule has 0 fully saturated rings. The van der Waals surface area contributed by atoms with Gasteiger partial charge in [0.2, 0.25) is 0 Å². The summed E-state index contributed by atoms with van der Waals surface area (Å²) in [6.07, 6.45) is 2.03. The zero-order chi connectivity index (χ0) is 12.3. The minimum atomic E-state index is -0.320. The first kappa shape index (κ1) is 11.6. The van der Waals surface area contributed by atoms with Gasteiger partial charge in [0, 0.05) is 17.8 Å². The van der Waals surface area contributed by atoms with Gasteiger partial charge in [-0.25, -0.2) is 4.98 Å². The van der Waals surface area contributed by atoms with Crippen molar-refractivity contribution in [2.24, 2.45) is 0 Å². The van der Waals surface area contributed by atoms with Gasteiger partial charge in [-0.05, 0) is 37.6 Å².